The van der Waals surface area contributed by atoms with Crippen molar-refractivity contribution in [2.75, 3.05) is 5.32 Å². The number of hydrogen-bond acceptors (Lipinski definition) is 5. The van der Waals surface area contributed by atoms with E-state index in [0.717, 1.165) is 33.8 Å². The molecular weight excluding hydrogens is 416 g/mol. The number of aromatic nitrogens is 3. The number of benzene rings is 2. The fourth-order valence-corrected chi connectivity index (χ4v) is 3.70. The molecule has 2 heterocycles. The van der Waals surface area contributed by atoms with Gasteiger partial charge in [0.05, 0.1) is 17.8 Å². The van der Waals surface area contributed by atoms with Crippen molar-refractivity contribution in [2.45, 2.75) is 47.8 Å². The number of nitrogens with one attached hydrogen (secondary N) is 1. The van der Waals surface area contributed by atoms with Crippen molar-refractivity contribution >= 4 is 11.6 Å². The summed E-state index contributed by atoms with van der Waals surface area (Å²) in [5.74, 6) is 0.997. The molecule has 1 N–H and O–H groups in total. The Morgan fingerprint density at radius 1 is 1.06 bits per heavy atom. The highest BCUT2D eigenvalue weighted by atomic mass is 16.5. The van der Waals surface area contributed by atoms with Gasteiger partial charge < -0.3 is 14.6 Å². The summed E-state index contributed by atoms with van der Waals surface area (Å²) in [6, 6.07) is 15.8. The largest absolute Gasteiger partial charge is 0.488 e. The first-order valence-corrected chi connectivity index (χ1v) is 10.9. The van der Waals surface area contributed by atoms with E-state index < -0.39 is 0 Å². The average molecular weight is 445 g/mol. The number of ether oxygens (including phenoxy) is 1. The molecule has 0 fully saturated rings. The van der Waals surface area contributed by atoms with E-state index in [4.69, 9.17) is 9.26 Å². The number of hydrogen-bond donors (Lipinski definition) is 1. The maximum atomic E-state index is 13.0. The minimum Gasteiger partial charge on any atom is -0.488 e. The Kier molecular flexibility index (Phi) is 6.31. The van der Waals surface area contributed by atoms with Crippen LogP contribution in [-0.4, -0.2) is 20.8 Å². The van der Waals surface area contributed by atoms with Crippen LogP contribution in [0.3, 0.4) is 0 Å². The first kappa shape index (κ1) is 22.3. The lowest BCUT2D eigenvalue weighted by molar-refractivity contribution is 0.101. The summed E-state index contributed by atoms with van der Waals surface area (Å²) < 4.78 is 13.2. The Labute approximate surface area is 193 Å². The van der Waals surface area contributed by atoms with Crippen molar-refractivity contribution in [3.8, 4) is 5.75 Å². The summed E-state index contributed by atoms with van der Waals surface area (Å²) in [7, 11) is 0. The van der Waals surface area contributed by atoms with Gasteiger partial charge in [0.25, 0.3) is 5.91 Å². The quantitative estimate of drug-likeness (QED) is 0.419. The molecule has 1 amide bonds. The van der Waals surface area contributed by atoms with E-state index in [9.17, 15) is 4.79 Å². The third-order valence-electron chi connectivity index (χ3n) is 5.54. The zero-order valence-corrected chi connectivity index (χ0v) is 19.6. The minimum absolute atomic E-state index is 0.195. The van der Waals surface area contributed by atoms with Gasteiger partial charge in [-0.1, -0.05) is 29.4 Å². The molecule has 4 rings (SSSR count). The van der Waals surface area contributed by atoms with Crippen LogP contribution in [0.25, 0.3) is 0 Å². The van der Waals surface area contributed by atoms with Gasteiger partial charge >= 0.3 is 0 Å². The molecule has 2 aromatic heterocycles. The smallest absolute Gasteiger partial charge is 0.278 e. The monoisotopic (exact) mass is 444 g/mol. The second kappa shape index (κ2) is 9.32. The second-order valence-corrected chi connectivity index (χ2v) is 8.36. The lowest BCUT2D eigenvalue weighted by Crippen LogP contribution is -2.16. The maximum absolute atomic E-state index is 13.0. The first-order valence-electron chi connectivity index (χ1n) is 10.9. The molecule has 2 aromatic carbocycles. The molecule has 0 saturated carbocycles. The predicted octanol–water partition coefficient (Wildman–Crippen LogP) is 5.29. The van der Waals surface area contributed by atoms with Crippen LogP contribution in [0.4, 0.5) is 5.69 Å². The van der Waals surface area contributed by atoms with Gasteiger partial charge in [0.15, 0.2) is 5.69 Å². The molecule has 170 valence electrons. The van der Waals surface area contributed by atoms with Crippen molar-refractivity contribution in [3.05, 3.63) is 93.6 Å². The lowest BCUT2D eigenvalue weighted by Gasteiger charge is -2.11. The Morgan fingerprint density at radius 3 is 2.64 bits per heavy atom. The molecule has 0 aliphatic carbocycles. The van der Waals surface area contributed by atoms with Gasteiger partial charge in [-0.05, 0) is 75.6 Å². The average Bonchev–Trinajstić information content (AvgIpc) is 3.29. The zero-order valence-electron chi connectivity index (χ0n) is 19.6. The van der Waals surface area contributed by atoms with Crippen LogP contribution < -0.4 is 10.1 Å². The van der Waals surface area contributed by atoms with Gasteiger partial charge in [-0.25, -0.2) is 0 Å². The molecule has 0 radical (unpaired) electrons. The Hall–Kier alpha value is -3.87. The number of amides is 1. The molecule has 4 aromatic rings. The highest BCUT2D eigenvalue weighted by molar-refractivity contribution is 6.03. The number of nitrogens with zero attached hydrogens (tertiary/aromatic N) is 3. The molecule has 0 spiro atoms. The number of rotatable bonds is 7. The fourth-order valence-electron chi connectivity index (χ4n) is 3.70. The Bertz CT molecular complexity index is 1300. The normalized spacial score (nSPS) is 10.9. The molecule has 0 aliphatic heterocycles. The molecule has 33 heavy (non-hydrogen) atoms. The molecule has 0 atom stereocenters. The number of carbonyl (C=O) groups excluding carboxylic acids is 1. The van der Waals surface area contributed by atoms with Crippen molar-refractivity contribution in [1.82, 2.24) is 14.9 Å². The second-order valence-electron chi connectivity index (χ2n) is 8.36. The van der Waals surface area contributed by atoms with Gasteiger partial charge in [-0.15, -0.1) is 0 Å². The van der Waals surface area contributed by atoms with Crippen LogP contribution in [0.1, 0.15) is 49.9 Å². The number of aryl methyl sites for hydroxylation is 5. The van der Waals surface area contributed by atoms with Crippen LogP contribution >= 0.6 is 0 Å². The van der Waals surface area contributed by atoms with E-state index in [-0.39, 0.29) is 18.2 Å². The molecular formula is C26H28N4O3. The van der Waals surface area contributed by atoms with E-state index >= 15 is 0 Å². The zero-order chi connectivity index (χ0) is 23.5. The molecule has 7 nitrogen and oxygen atoms in total. The van der Waals surface area contributed by atoms with Gasteiger partial charge in [-0.3, -0.25) is 9.48 Å². The number of carbonyl (C=O) groups is 1. The van der Waals surface area contributed by atoms with Crippen LogP contribution in [0, 0.1) is 34.6 Å². The van der Waals surface area contributed by atoms with E-state index in [1.807, 2.05) is 80.9 Å². The first-order chi connectivity index (χ1) is 15.8. The van der Waals surface area contributed by atoms with Crippen molar-refractivity contribution < 1.29 is 14.1 Å². The van der Waals surface area contributed by atoms with Crippen LogP contribution in [0.2, 0.25) is 0 Å². The maximum Gasteiger partial charge on any atom is 0.278 e. The standard InChI is InChI=1S/C26H28N4O3/c1-16-9-10-17(2)24(11-16)32-15-23-20(5)33-29-25(23)26(31)27-22-8-6-7-21(13-22)14-30-19(4)12-18(3)28-30/h6-13H,14-15H2,1-5H3,(H,27,31). The summed E-state index contributed by atoms with van der Waals surface area (Å²) in [5.41, 5.74) is 6.78. The van der Waals surface area contributed by atoms with E-state index in [0.29, 0.717) is 23.6 Å². The minimum atomic E-state index is -0.338. The summed E-state index contributed by atoms with van der Waals surface area (Å²) in [4.78, 5) is 13.0. The van der Waals surface area contributed by atoms with E-state index in [2.05, 4.69) is 15.6 Å². The third-order valence-corrected chi connectivity index (χ3v) is 5.54. The van der Waals surface area contributed by atoms with E-state index in [1.165, 1.54) is 0 Å². The molecule has 0 bridgehead atoms. The van der Waals surface area contributed by atoms with Gasteiger partial charge in [0.2, 0.25) is 0 Å². The lowest BCUT2D eigenvalue weighted by atomic mass is 10.1. The predicted molar refractivity (Wildman–Crippen MR) is 127 cm³/mol. The third kappa shape index (κ3) is 5.14. The van der Waals surface area contributed by atoms with Gasteiger partial charge in [0.1, 0.15) is 18.1 Å². The summed E-state index contributed by atoms with van der Waals surface area (Å²) >= 11 is 0. The van der Waals surface area contributed by atoms with Crippen molar-refractivity contribution in [1.29, 1.82) is 0 Å². The number of anilines is 1. The molecule has 0 saturated heterocycles. The highest BCUT2D eigenvalue weighted by Crippen LogP contribution is 2.23. The van der Waals surface area contributed by atoms with Gasteiger partial charge in [-0.2, -0.15) is 5.10 Å². The van der Waals surface area contributed by atoms with Crippen molar-refractivity contribution in [3.63, 3.8) is 0 Å². The summed E-state index contributed by atoms with van der Waals surface area (Å²) in [6.07, 6.45) is 0. The topological polar surface area (TPSA) is 82.2 Å². The van der Waals surface area contributed by atoms with Gasteiger partial charge in [0, 0.05) is 11.4 Å². The van der Waals surface area contributed by atoms with Crippen LogP contribution in [0.5, 0.6) is 5.75 Å². The Morgan fingerprint density at radius 2 is 1.88 bits per heavy atom. The van der Waals surface area contributed by atoms with Crippen LogP contribution in [0.15, 0.2) is 53.1 Å². The van der Waals surface area contributed by atoms with Crippen molar-refractivity contribution in [2.24, 2.45) is 0 Å². The SMILES string of the molecule is Cc1ccc(C)c(OCc2c(C(=O)Nc3cccc(Cn4nc(C)cc4C)c3)noc2C)c1. The molecule has 7 heteroatoms. The van der Waals surface area contributed by atoms with Crippen LogP contribution in [-0.2, 0) is 13.2 Å². The highest BCUT2D eigenvalue weighted by Gasteiger charge is 2.21. The fraction of sp³-hybridized carbons (Fsp3) is 0.269. The Balaban J connectivity index is 1.48. The summed E-state index contributed by atoms with van der Waals surface area (Å²) in [6.45, 7) is 10.6. The molecule has 0 aliphatic rings. The summed E-state index contributed by atoms with van der Waals surface area (Å²) in [5, 5.41) is 11.4. The molecule has 0 unspecified atom stereocenters. The van der Waals surface area contributed by atoms with E-state index in [1.54, 1.807) is 6.92 Å².